The second-order valence-electron chi connectivity index (χ2n) is 11.5. The molecule has 2 aliphatic heterocycles. The highest BCUT2D eigenvalue weighted by molar-refractivity contribution is 5.98. The number of amides is 1. The van der Waals surface area contributed by atoms with Crippen molar-refractivity contribution in [2.24, 2.45) is 5.73 Å². The molecule has 220 valence electrons. The van der Waals surface area contributed by atoms with Crippen LogP contribution in [0.4, 0.5) is 10.6 Å². The number of allylic oxidation sites excluding steroid dienone is 1. The standard InChI is InChI=1S/C19H23N5O.C10H19NO2.CH5N/c20-19-18-17(21-12-22-19)14(11-25)10-16(23-18)13-4-6-15(7-5-13)24-8-2-1-3-9-24;1-10(2,3)13-9(12)11-7-5-4-6-8-11;1-2/h4,10-12,15H,1-3,5-9H2,(H2,20,21,22);4-8H2,1-3H3;2H2,1H3. The molecule has 10 heteroatoms. The summed E-state index contributed by atoms with van der Waals surface area (Å²) in [6.07, 6.45) is 14.9. The Morgan fingerprint density at radius 2 is 1.65 bits per heavy atom. The minimum atomic E-state index is -0.367. The Balaban J connectivity index is 0.000000249. The number of aldehydes is 1. The van der Waals surface area contributed by atoms with Crippen molar-refractivity contribution in [2.45, 2.75) is 90.2 Å². The summed E-state index contributed by atoms with van der Waals surface area (Å²) < 4.78 is 5.26. The van der Waals surface area contributed by atoms with Gasteiger partial charge in [-0.2, -0.15) is 0 Å². The second-order valence-corrected chi connectivity index (χ2v) is 11.5. The fourth-order valence-corrected chi connectivity index (χ4v) is 5.41. The van der Waals surface area contributed by atoms with Gasteiger partial charge in [0, 0.05) is 24.7 Å². The summed E-state index contributed by atoms with van der Waals surface area (Å²) >= 11 is 0. The molecule has 3 aliphatic rings. The quantitative estimate of drug-likeness (QED) is 0.512. The number of rotatable bonds is 3. The molecule has 2 aromatic rings. The molecule has 0 spiro atoms. The van der Waals surface area contributed by atoms with E-state index in [1.54, 1.807) is 4.90 Å². The lowest BCUT2D eigenvalue weighted by molar-refractivity contribution is 0.0216. The molecule has 4 heterocycles. The summed E-state index contributed by atoms with van der Waals surface area (Å²) in [7, 11) is 1.50. The lowest BCUT2D eigenvalue weighted by atomic mass is 9.90. The van der Waals surface area contributed by atoms with Crippen LogP contribution in [0.15, 0.2) is 18.5 Å². The van der Waals surface area contributed by atoms with Gasteiger partial charge < -0.3 is 26.0 Å². The van der Waals surface area contributed by atoms with Gasteiger partial charge in [-0.3, -0.25) is 4.79 Å². The van der Waals surface area contributed by atoms with Crippen LogP contribution in [0.2, 0.25) is 0 Å². The van der Waals surface area contributed by atoms with Gasteiger partial charge in [0.1, 0.15) is 23.0 Å². The molecule has 2 saturated heterocycles. The van der Waals surface area contributed by atoms with Crippen LogP contribution in [0.3, 0.4) is 0 Å². The molecule has 2 aromatic heterocycles. The number of carbonyl (C=O) groups is 2. The Labute approximate surface area is 238 Å². The van der Waals surface area contributed by atoms with E-state index in [0.29, 0.717) is 28.5 Å². The second kappa shape index (κ2) is 15.0. The zero-order valence-corrected chi connectivity index (χ0v) is 24.7. The Hall–Kier alpha value is -3.11. The third-order valence-corrected chi connectivity index (χ3v) is 7.40. The maximum absolute atomic E-state index is 11.5. The van der Waals surface area contributed by atoms with Crippen LogP contribution in [0.25, 0.3) is 16.6 Å². The van der Waals surface area contributed by atoms with E-state index in [-0.39, 0.29) is 11.7 Å². The van der Waals surface area contributed by atoms with Crippen LogP contribution < -0.4 is 11.5 Å². The highest BCUT2D eigenvalue weighted by Crippen LogP contribution is 2.31. The van der Waals surface area contributed by atoms with Gasteiger partial charge in [0.15, 0.2) is 12.1 Å². The molecule has 40 heavy (non-hydrogen) atoms. The van der Waals surface area contributed by atoms with E-state index in [2.05, 4.69) is 31.7 Å². The van der Waals surface area contributed by atoms with Gasteiger partial charge in [-0.1, -0.05) is 12.5 Å². The molecule has 0 bridgehead atoms. The molecule has 0 aromatic carbocycles. The van der Waals surface area contributed by atoms with Crippen LogP contribution in [0.1, 0.15) is 94.6 Å². The van der Waals surface area contributed by atoms with E-state index in [0.717, 1.165) is 57.2 Å². The van der Waals surface area contributed by atoms with Crippen molar-refractivity contribution in [2.75, 3.05) is 39.0 Å². The van der Waals surface area contributed by atoms with Crippen molar-refractivity contribution in [3.63, 3.8) is 0 Å². The number of nitrogen functional groups attached to an aromatic ring is 1. The number of ether oxygens (including phenoxy) is 1. The number of likely N-dealkylation sites (tertiary alicyclic amines) is 2. The predicted octanol–water partition coefficient (Wildman–Crippen LogP) is 4.82. The molecular weight excluding hydrogens is 506 g/mol. The van der Waals surface area contributed by atoms with Crippen molar-refractivity contribution in [1.29, 1.82) is 0 Å². The van der Waals surface area contributed by atoms with Gasteiger partial charge in [-0.25, -0.2) is 19.7 Å². The average Bonchev–Trinajstić information content (AvgIpc) is 2.98. The zero-order valence-electron chi connectivity index (χ0n) is 24.7. The average molecular weight is 554 g/mol. The number of hydrogen-bond acceptors (Lipinski definition) is 9. The van der Waals surface area contributed by atoms with Crippen LogP contribution >= 0.6 is 0 Å². The van der Waals surface area contributed by atoms with E-state index in [1.165, 1.54) is 57.7 Å². The van der Waals surface area contributed by atoms with Crippen molar-refractivity contribution in [3.05, 3.63) is 29.7 Å². The van der Waals surface area contributed by atoms with Gasteiger partial charge in [0.2, 0.25) is 0 Å². The molecule has 5 rings (SSSR count). The summed E-state index contributed by atoms with van der Waals surface area (Å²) in [6, 6.07) is 2.47. The number of nitrogens with two attached hydrogens (primary N) is 2. The van der Waals surface area contributed by atoms with Crippen molar-refractivity contribution < 1.29 is 14.3 Å². The molecule has 0 saturated carbocycles. The fourth-order valence-electron chi connectivity index (χ4n) is 5.41. The number of pyridine rings is 1. The topological polar surface area (TPSA) is 141 Å². The highest BCUT2D eigenvalue weighted by atomic mass is 16.6. The predicted molar refractivity (Wildman–Crippen MR) is 160 cm³/mol. The van der Waals surface area contributed by atoms with Crippen LogP contribution in [-0.2, 0) is 4.74 Å². The summed E-state index contributed by atoms with van der Waals surface area (Å²) in [5, 5.41) is 0. The van der Waals surface area contributed by atoms with E-state index in [1.807, 2.05) is 26.8 Å². The van der Waals surface area contributed by atoms with Crippen LogP contribution in [-0.4, -0.2) is 82.0 Å². The molecule has 4 N–H and O–H groups in total. The summed E-state index contributed by atoms with van der Waals surface area (Å²) in [6.45, 7) is 9.86. The maximum Gasteiger partial charge on any atom is 0.410 e. The molecule has 1 aliphatic carbocycles. The number of anilines is 1. The van der Waals surface area contributed by atoms with E-state index >= 15 is 0 Å². The fraction of sp³-hybridized carbons (Fsp3) is 0.633. The first-order chi connectivity index (χ1) is 19.2. The smallest absolute Gasteiger partial charge is 0.410 e. The molecule has 10 nitrogen and oxygen atoms in total. The van der Waals surface area contributed by atoms with Crippen LogP contribution in [0.5, 0.6) is 0 Å². The van der Waals surface area contributed by atoms with Gasteiger partial charge >= 0.3 is 6.09 Å². The first-order valence-electron chi connectivity index (χ1n) is 14.6. The first kappa shape index (κ1) is 31.4. The Bertz CT molecular complexity index is 1150. The van der Waals surface area contributed by atoms with Gasteiger partial charge in [-0.15, -0.1) is 0 Å². The Morgan fingerprint density at radius 3 is 2.23 bits per heavy atom. The number of fused-ring (bicyclic) bond motifs is 1. The monoisotopic (exact) mass is 553 g/mol. The van der Waals surface area contributed by atoms with E-state index in [9.17, 15) is 9.59 Å². The summed E-state index contributed by atoms with van der Waals surface area (Å²) in [5.74, 6) is 0.317. The van der Waals surface area contributed by atoms with Crippen molar-refractivity contribution in [1.82, 2.24) is 24.8 Å². The molecule has 1 amide bonds. The number of carbonyl (C=O) groups excluding carboxylic acids is 2. The maximum atomic E-state index is 11.5. The lowest BCUT2D eigenvalue weighted by Gasteiger charge is -2.36. The summed E-state index contributed by atoms with van der Waals surface area (Å²) in [4.78, 5) is 40.2. The molecule has 1 unspecified atom stereocenters. The number of aromatic nitrogens is 3. The van der Waals surface area contributed by atoms with Crippen LogP contribution in [0, 0.1) is 0 Å². The Morgan fingerprint density at radius 1 is 1.00 bits per heavy atom. The van der Waals surface area contributed by atoms with Crippen molar-refractivity contribution >= 4 is 34.8 Å². The van der Waals surface area contributed by atoms with E-state index in [4.69, 9.17) is 10.5 Å². The number of piperidine rings is 2. The zero-order chi connectivity index (χ0) is 29.1. The van der Waals surface area contributed by atoms with Gasteiger partial charge in [-0.05, 0) is 104 Å². The summed E-state index contributed by atoms with van der Waals surface area (Å²) in [5.41, 5.74) is 13.7. The molecular formula is C30H47N7O3. The minimum Gasteiger partial charge on any atom is -0.444 e. The molecule has 0 radical (unpaired) electrons. The number of hydrogen-bond donors (Lipinski definition) is 2. The third-order valence-electron chi connectivity index (χ3n) is 7.40. The van der Waals surface area contributed by atoms with Crippen molar-refractivity contribution in [3.8, 4) is 0 Å². The van der Waals surface area contributed by atoms with E-state index < -0.39 is 0 Å². The third kappa shape index (κ3) is 8.69. The number of nitrogens with zero attached hydrogens (tertiary/aromatic N) is 5. The van der Waals surface area contributed by atoms with Gasteiger partial charge in [0.25, 0.3) is 0 Å². The Kier molecular flexibility index (Phi) is 11.8. The SMILES string of the molecule is CC(C)(C)OC(=O)N1CCCCC1.CN.Nc1ncnc2c(C=O)cc(C3=CCC(N4CCCCC4)CC3)nc12. The highest BCUT2D eigenvalue weighted by Gasteiger charge is 2.25. The molecule has 2 fully saturated rings. The minimum absolute atomic E-state index is 0.160. The molecule has 1 atom stereocenters. The lowest BCUT2D eigenvalue weighted by Crippen LogP contribution is -2.39. The van der Waals surface area contributed by atoms with Gasteiger partial charge in [0.05, 0.1) is 5.69 Å². The normalized spacial score (nSPS) is 19.9. The first-order valence-corrected chi connectivity index (χ1v) is 14.6. The largest absolute Gasteiger partial charge is 0.444 e.